The molecule has 0 amide bonds. The highest BCUT2D eigenvalue weighted by Crippen LogP contribution is 2.52. The zero-order chi connectivity index (χ0) is 48.2. The van der Waals surface area contributed by atoms with E-state index in [-0.39, 0.29) is 0 Å². The molecule has 342 valence electrons. The molecule has 0 fully saturated rings. The fourth-order valence-corrected chi connectivity index (χ4v) is 12.2. The molecule has 0 spiro atoms. The molecule has 0 N–H and O–H groups in total. The third kappa shape index (κ3) is 6.39. The van der Waals surface area contributed by atoms with Gasteiger partial charge < -0.3 is 18.9 Å². The number of anilines is 6. The molecular formula is C68H50N4. The molecular weight excluding hydrogens is 873 g/mol. The fourth-order valence-electron chi connectivity index (χ4n) is 12.2. The van der Waals surface area contributed by atoms with E-state index >= 15 is 0 Å². The molecule has 0 saturated heterocycles. The summed E-state index contributed by atoms with van der Waals surface area (Å²) >= 11 is 0. The monoisotopic (exact) mass is 922 g/mol. The fraction of sp³-hybridized carbons (Fsp3) is 0.0588. The van der Waals surface area contributed by atoms with Crippen LogP contribution in [0.15, 0.2) is 231 Å². The summed E-state index contributed by atoms with van der Waals surface area (Å²) in [4.78, 5) is 4.75. The second-order valence-electron chi connectivity index (χ2n) is 19.7. The van der Waals surface area contributed by atoms with Crippen molar-refractivity contribution in [1.29, 1.82) is 0 Å². The van der Waals surface area contributed by atoms with Crippen molar-refractivity contribution in [3.05, 3.63) is 253 Å². The maximum atomic E-state index is 2.57. The quantitative estimate of drug-likeness (QED) is 0.141. The van der Waals surface area contributed by atoms with Crippen LogP contribution in [0.25, 0.3) is 87.3 Å². The number of aryl methyl sites for hydroxylation is 4. The average molecular weight is 923 g/mol. The predicted octanol–water partition coefficient (Wildman–Crippen LogP) is 19.0. The van der Waals surface area contributed by atoms with Gasteiger partial charge in [-0.3, -0.25) is 0 Å². The third-order valence-electron chi connectivity index (χ3n) is 14.8. The van der Waals surface area contributed by atoms with Crippen LogP contribution in [0.4, 0.5) is 34.1 Å². The summed E-state index contributed by atoms with van der Waals surface area (Å²) < 4.78 is 5.13. The molecule has 14 rings (SSSR count). The molecule has 0 aliphatic carbocycles. The van der Waals surface area contributed by atoms with Gasteiger partial charge in [0.15, 0.2) is 0 Å². The highest BCUT2D eigenvalue weighted by molar-refractivity contribution is 6.44. The zero-order valence-corrected chi connectivity index (χ0v) is 40.7. The molecule has 0 saturated carbocycles. The van der Waals surface area contributed by atoms with Gasteiger partial charge in [0.25, 0.3) is 0 Å². The Bertz CT molecular complexity index is 4010. The number of nitrogens with zero attached hydrogens (tertiary/aromatic N) is 4. The Balaban J connectivity index is 1.14. The number of benzene rings is 12. The summed E-state index contributed by atoms with van der Waals surface area (Å²) in [7, 11) is 0. The minimum atomic E-state index is 1.10. The Hall–Kier alpha value is -9.12. The highest BCUT2D eigenvalue weighted by Gasteiger charge is 2.27. The van der Waals surface area contributed by atoms with Gasteiger partial charge in [-0.05, 0) is 158 Å². The molecule has 0 aliphatic rings. The van der Waals surface area contributed by atoms with Crippen LogP contribution in [0, 0.1) is 27.7 Å². The number of hydrogen-bond donors (Lipinski definition) is 0. The van der Waals surface area contributed by atoms with Crippen molar-refractivity contribution in [1.82, 2.24) is 9.13 Å². The van der Waals surface area contributed by atoms with Gasteiger partial charge in [0.2, 0.25) is 0 Å². The largest absolute Gasteiger partial charge is 0.310 e. The van der Waals surface area contributed by atoms with E-state index in [1.807, 2.05) is 0 Å². The summed E-state index contributed by atoms with van der Waals surface area (Å²) in [6, 6.07) is 85.3. The topological polar surface area (TPSA) is 16.3 Å². The first-order valence-corrected chi connectivity index (χ1v) is 25.0. The van der Waals surface area contributed by atoms with Crippen molar-refractivity contribution >= 4 is 110 Å². The molecule has 0 aliphatic heterocycles. The van der Waals surface area contributed by atoms with E-state index in [2.05, 4.69) is 277 Å². The first-order valence-electron chi connectivity index (χ1n) is 25.0. The minimum Gasteiger partial charge on any atom is -0.310 e. The summed E-state index contributed by atoms with van der Waals surface area (Å²) in [5.41, 5.74) is 18.7. The van der Waals surface area contributed by atoms with Crippen molar-refractivity contribution in [2.75, 3.05) is 9.80 Å². The molecule has 4 nitrogen and oxygen atoms in total. The van der Waals surface area contributed by atoms with Crippen molar-refractivity contribution in [2.45, 2.75) is 27.7 Å². The number of rotatable bonds is 8. The van der Waals surface area contributed by atoms with Crippen LogP contribution in [0.5, 0.6) is 0 Å². The lowest BCUT2D eigenvalue weighted by Crippen LogP contribution is -2.09. The van der Waals surface area contributed by atoms with Gasteiger partial charge in [0.1, 0.15) is 0 Å². The highest BCUT2D eigenvalue weighted by atomic mass is 15.2. The van der Waals surface area contributed by atoms with Crippen LogP contribution in [0.1, 0.15) is 22.3 Å². The molecule has 72 heavy (non-hydrogen) atoms. The minimum absolute atomic E-state index is 1.10. The van der Waals surface area contributed by atoms with Crippen molar-refractivity contribution < 1.29 is 0 Å². The summed E-state index contributed by atoms with van der Waals surface area (Å²) in [6.07, 6.45) is 0. The van der Waals surface area contributed by atoms with Crippen LogP contribution in [0.2, 0.25) is 0 Å². The van der Waals surface area contributed by atoms with Gasteiger partial charge in [-0.2, -0.15) is 0 Å². The molecule has 0 radical (unpaired) electrons. The van der Waals surface area contributed by atoms with E-state index in [0.29, 0.717) is 0 Å². The maximum absolute atomic E-state index is 2.57. The zero-order valence-electron chi connectivity index (χ0n) is 40.7. The molecule has 4 heteroatoms. The second kappa shape index (κ2) is 16.2. The van der Waals surface area contributed by atoms with Gasteiger partial charge in [-0.25, -0.2) is 0 Å². The Morgan fingerprint density at radius 2 is 0.569 bits per heavy atom. The van der Waals surface area contributed by atoms with Gasteiger partial charge in [-0.1, -0.05) is 133 Å². The van der Waals surface area contributed by atoms with Crippen LogP contribution < -0.4 is 9.80 Å². The second-order valence-corrected chi connectivity index (χ2v) is 19.7. The summed E-state index contributed by atoms with van der Waals surface area (Å²) in [6.45, 7) is 8.87. The van der Waals surface area contributed by atoms with E-state index in [0.717, 1.165) is 45.5 Å². The normalized spacial score (nSPS) is 11.9. The van der Waals surface area contributed by atoms with Crippen molar-refractivity contribution in [2.24, 2.45) is 0 Å². The number of aromatic nitrogens is 2. The summed E-state index contributed by atoms with van der Waals surface area (Å²) in [5, 5.41) is 12.6. The van der Waals surface area contributed by atoms with Gasteiger partial charge >= 0.3 is 0 Å². The molecule has 0 unspecified atom stereocenters. The Kier molecular flexibility index (Phi) is 9.43. The number of para-hydroxylation sites is 4. The smallest absolute Gasteiger partial charge is 0.0626 e. The first kappa shape index (κ1) is 41.8. The average Bonchev–Trinajstić information content (AvgIpc) is 3.93. The van der Waals surface area contributed by atoms with Crippen molar-refractivity contribution in [3.63, 3.8) is 0 Å². The molecule has 2 heterocycles. The predicted molar refractivity (Wildman–Crippen MR) is 307 cm³/mol. The van der Waals surface area contributed by atoms with Gasteiger partial charge in [0, 0.05) is 88.6 Å². The Morgan fingerprint density at radius 3 is 0.903 bits per heavy atom. The van der Waals surface area contributed by atoms with Gasteiger partial charge in [0.05, 0.1) is 22.1 Å². The van der Waals surface area contributed by atoms with Crippen molar-refractivity contribution in [3.8, 4) is 11.4 Å². The van der Waals surface area contributed by atoms with Crippen LogP contribution in [0.3, 0.4) is 0 Å². The Labute approximate surface area is 418 Å². The molecule has 0 atom stereocenters. The lowest BCUT2D eigenvalue weighted by Gasteiger charge is -2.25. The number of fused-ring (bicyclic) bond motifs is 10. The molecule has 12 aromatic carbocycles. The molecule has 14 aromatic rings. The van der Waals surface area contributed by atoms with Gasteiger partial charge in [-0.15, -0.1) is 0 Å². The molecule has 2 aromatic heterocycles. The van der Waals surface area contributed by atoms with Crippen LogP contribution in [-0.4, -0.2) is 9.13 Å². The summed E-state index contributed by atoms with van der Waals surface area (Å²) in [5.74, 6) is 0. The Morgan fingerprint density at radius 1 is 0.250 bits per heavy atom. The lowest BCUT2D eigenvalue weighted by molar-refractivity contribution is 1.16. The van der Waals surface area contributed by atoms with E-state index in [9.17, 15) is 0 Å². The first-order chi connectivity index (χ1) is 35.4. The van der Waals surface area contributed by atoms with Crippen LogP contribution in [-0.2, 0) is 0 Å². The van der Waals surface area contributed by atoms with Crippen LogP contribution >= 0.6 is 0 Å². The van der Waals surface area contributed by atoms with E-state index in [1.165, 1.54) is 98.2 Å². The lowest BCUT2D eigenvalue weighted by atomic mass is 9.88. The van der Waals surface area contributed by atoms with E-state index in [4.69, 9.17) is 0 Å². The maximum Gasteiger partial charge on any atom is 0.0626 e. The molecule has 0 bridgehead atoms. The third-order valence-corrected chi connectivity index (χ3v) is 14.8. The van der Waals surface area contributed by atoms with E-state index < -0.39 is 0 Å². The van der Waals surface area contributed by atoms with E-state index in [1.54, 1.807) is 0 Å². The number of hydrogen-bond acceptors (Lipinski definition) is 2. The standard InChI is InChI=1S/C68H50N4/c1-43-35-44(2)38-53(37-43)71-61-41-51(69(47-19-9-5-10-20-47)48-21-11-6-12-22-48)31-33-55(61)65-57-27-18-30-60-64(57)63-58(28-17-29-59(63)67(65)71)66-56-34-32-52(70(49-23-13-7-14-24-49)50-25-15-8-16-26-50)42-62(56)72(68(60)66)54-39-45(3)36-46(4)40-54/h5-42H,1-4H3. The SMILES string of the molecule is Cc1cc(C)cc(-n2c3cc(N(c4ccccc4)c4ccccc4)ccc3c3c4cccc5c4c4c(cccc4c32)c2c3ccc(N(c4ccccc4)c4ccccc4)cc3n(-c3cc(C)cc(C)c3)c52)c1.